The molecule has 2 aromatic carbocycles. The van der Waals surface area contributed by atoms with Crippen molar-refractivity contribution in [3.8, 4) is 0 Å². The number of aryl methyl sites for hydroxylation is 1. The molecular formula is C23H26N4O3. The second-order valence-corrected chi connectivity index (χ2v) is 7.83. The summed E-state index contributed by atoms with van der Waals surface area (Å²) in [4.78, 5) is 41.7. The van der Waals surface area contributed by atoms with E-state index < -0.39 is 0 Å². The summed E-state index contributed by atoms with van der Waals surface area (Å²) in [6.45, 7) is 6.41. The first-order chi connectivity index (χ1) is 14.5. The first kappa shape index (κ1) is 20.1. The van der Waals surface area contributed by atoms with Gasteiger partial charge in [-0.05, 0) is 35.7 Å². The zero-order chi connectivity index (χ0) is 21.1. The van der Waals surface area contributed by atoms with Crippen LogP contribution in [0.25, 0.3) is 0 Å². The summed E-state index contributed by atoms with van der Waals surface area (Å²) in [7, 11) is 0. The van der Waals surface area contributed by atoms with Gasteiger partial charge in [-0.1, -0.05) is 36.4 Å². The number of nitrogens with zero attached hydrogens (tertiary/aromatic N) is 3. The molecule has 0 spiro atoms. The average Bonchev–Trinajstić information content (AvgIpc) is 3.08. The van der Waals surface area contributed by atoms with E-state index in [-0.39, 0.29) is 30.9 Å². The number of nitrogens with one attached hydrogen (secondary N) is 1. The van der Waals surface area contributed by atoms with E-state index in [9.17, 15) is 14.4 Å². The van der Waals surface area contributed by atoms with Crippen LogP contribution in [0.3, 0.4) is 0 Å². The zero-order valence-corrected chi connectivity index (χ0v) is 17.1. The Labute approximate surface area is 176 Å². The van der Waals surface area contributed by atoms with E-state index in [1.807, 2.05) is 4.90 Å². The predicted molar refractivity (Wildman–Crippen MR) is 113 cm³/mol. The normalized spacial score (nSPS) is 17.4. The number of imide groups is 1. The number of hydrogen-bond acceptors (Lipinski definition) is 4. The number of carbonyl (C=O) groups excluding carboxylic acids is 3. The fourth-order valence-corrected chi connectivity index (χ4v) is 3.87. The Kier molecular flexibility index (Phi) is 5.81. The number of rotatable bonds is 5. The molecule has 7 nitrogen and oxygen atoms in total. The van der Waals surface area contributed by atoms with Crippen LogP contribution >= 0.6 is 0 Å². The maximum atomic E-state index is 12.9. The first-order valence-corrected chi connectivity index (χ1v) is 10.2. The SMILES string of the molecule is Cc1ccccc1CN1CCN(C(=O)c2ccc(CN3C(=O)CNC3=O)cc2)CC1. The third-order valence-electron chi connectivity index (χ3n) is 5.79. The van der Waals surface area contributed by atoms with Crippen LogP contribution in [0.2, 0.25) is 0 Å². The Hall–Kier alpha value is -3.19. The van der Waals surface area contributed by atoms with Crippen molar-refractivity contribution in [1.82, 2.24) is 20.0 Å². The molecule has 2 aliphatic heterocycles. The van der Waals surface area contributed by atoms with Crippen molar-refractivity contribution < 1.29 is 14.4 Å². The lowest BCUT2D eigenvalue weighted by atomic mass is 10.1. The molecule has 0 aromatic heterocycles. The van der Waals surface area contributed by atoms with Gasteiger partial charge in [0.1, 0.15) is 0 Å². The van der Waals surface area contributed by atoms with Crippen molar-refractivity contribution in [2.24, 2.45) is 0 Å². The summed E-state index contributed by atoms with van der Waals surface area (Å²) in [5.41, 5.74) is 4.07. The second-order valence-electron chi connectivity index (χ2n) is 7.83. The molecule has 156 valence electrons. The van der Waals surface area contributed by atoms with Crippen LogP contribution in [0.15, 0.2) is 48.5 Å². The number of benzene rings is 2. The molecule has 0 bridgehead atoms. The molecule has 4 rings (SSSR count). The summed E-state index contributed by atoms with van der Waals surface area (Å²) in [6.07, 6.45) is 0. The van der Waals surface area contributed by atoms with Crippen LogP contribution in [-0.4, -0.2) is 65.3 Å². The highest BCUT2D eigenvalue weighted by atomic mass is 16.2. The minimum Gasteiger partial charge on any atom is -0.336 e. The van der Waals surface area contributed by atoms with Gasteiger partial charge in [0.15, 0.2) is 0 Å². The van der Waals surface area contributed by atoms with E-state index in [4.69, 9.17) is 0 Å². The van der Waals surface area contributed by atoms with E-state index in [1.165, 1.54) is 16.0 Å². The summed E-state index contributed by atoms with van der Waals surface area (Å²) < 4.78 is 0. The van der Waals surface area contributed by atoms with E-state index in [0.29, 0.717) is 18.7 Å². The fraction of sp³-hybridized carbons (Fsp3) is 0.348. The van der Waals surface area contributed by atoms with Gasteiger partial charge in [-0.2, -0.15) is 0 Å². The van der Waals surface area contributed by atoms with Gasteiger partial charge in [0.05, 0.1) is 13.1 Å². The van der Waals surface area contributed by atoms with Gasteiger partial charge in [0, 0.05) is 38.3 Å². The lowest BCUT2D eigenvalue weighted by Crippen LogP contribution is -2.48. The smallest absolute Gasteiger partial charge is 0.324 e. The van der Waals surface area contributed by atoms with Crippen molar-refractivity contribution in [2.75, 3.05) is 32.7 Å². The molecule has 2 heterocycles. The van der Waals surface area contributed by atoms with Crippen LogP contribution in [0, 0.1) is 6.92 Å². The van der Waals surface area contributed by atoms with Gasteiger partial charge in [-0.15, -0.1) is 0 Å². The highest BCUT2D eigenvalue weighted by molar-refractivity contribution is 6.01. The molecule has 0 saturated carbocycles. The molecule has 2 aliphatic rings. The van der Waals surface area contributed by atoms with Gasteiger partial charge < -0.3 is 10.2 Å². The Morgan fingerprint density at radius 2 is 1.63 bits per heavy atom. The molecule has 0 radical (unpaired) electrons. The molecule has 2 saturated heterocycles. The van der Waals surface area contributed by atoms with E-state index in [0.717, 1.165) is 25.2 Å². The van der Waals surface area contributed by atoms with Crippen LogP contribution in [-0.2, 0) is 17.9 Å². The van der Waals surface area contributed by atoms with E-state index in [1.54, 1.807) is 24.3 Å². The molecule has 1 N–H and O–H groups in total. The van der Waals surface area contributed by atoms with Gasteiger partial charge in [-0.3, -0.25) is 19.4 Å². The number of carbonyl (C=O) groups is 3. The van der Waals surface area contributed by atoms with Crippen molar-refractivity contribution in [1.29, 1.82) is 0 Å². The van der Waals surface area contributed by atoms with Crippen molar-refractivity contribution in [3.05, 3.63) is 70.8 Å². The minimum atomic E-state index is -0.372. The minimum absolute atomic E-state index is 0.0204. The van der Waals surface area contributed by atoms with E-state index in [2.05, 4.69) is 41.4 Å². The van der Waals surface area contributed by atoms with Crippen LogP contribution < -0.4 is 5.32 Å². The summed E-state index contributed by atoms with van der Waals surface area (Å²) in [6, 6.07) is 15.2. The Morgan fingerprint density at radius 3 is 2.27 bits per heavy atom. The lowest BCUT2D eigenvalue weighted by Gasteiger charge is -2.35. The lowest BCUT2D eigenvalue weighted by molar-refractivity contribution is -0.125. The monoisotopic (exact) mass is 406 g/mol. The first-order valence-electron chi connectivity index (χ1n) is 10.2. The average molecular weight is 406 g/mol. The van der Waals surface area contributed by atoms with Crippen molar-refractivity contribution >= 4 is 17.8 Å². The number of amides is 4. The third-order valence-corrected chi connectivity index (χ3v) is 5.79. The second kappa shape index (κ2) is 8.67. The molecule has 0 aliphatic carbocycles. The summed E-state index contributed by atoms with van der Waals surface area (Å²) in [5, 5.41) is 2.51. The zero-order valence-electron chi connectivity index (χ0n) is 17.1. The summed E-state index contributed by atoms with van der Waals surface area (Å²) in [5.74, 6) is -0.212. The molecule has 0 unspecified atom stereocenters. The highest BCUT2D eigenvalue weighted by Gasteiger charge is 2.28. The van der Waals surface area contributed by atoms with E-state index >= 15 is 0 Å². The van der Waals surface area contributed by atoms with Crippen molar-refractivity contribution in [2.45, 2.75) is 20.0 Å². The third kappa shape index (κ3) is 4.36. The molecule has 2 fully saturated rings. The Balaban J connectivity index is 1.31. The number of urea groups is 1. The van der Waals surface area contributed by atoms with Crippen LogP contribution in [0.1, 0.15) is 27.0 Å². The molecule has 4 amide bonds. The van der Waals surface area contributed by atoms with Crippen molar-refractivity contribution in [3.63, 3.8) is 0 Å². The molecule has 30 heavy (non-hydrogen) atoms. The molecular weight excluding hydrogens is 380 g/mol. The fourth-order valence-electron chi connectivity index (χ4n) is 3.87. The van der Waals surface area contributed by atoms with Gasteiger partial charge in [-0.25, -0.2) is 4.79 Å². The predicted octanol–water partition coefficient (Wildman–Crippen LogP) is 2.00. The Bertz CT molecular complexity index is 933. The number of piperazine rings is 1. The van der Waals surface area contributed by atoms with Crippen LogP contribution in [0.5, 0.6) is 0 Å². The standard InChI is InChI=1S/C23H26N4O3/c1-17-4-2-3-5-20(17)16-25-10-12-26(13-11-25)22(29)19-8-6-18(7-9-19)15-27-21(28)14-24-23(27)30/h2-9H,10-16H2,1H3,(H,24,30). The quantitative estimate of drug-likeness (QED) is 0.771. The highest BCUT2D eigenvalue weighted by Crippen LogP contribution is 2.15. The van der Waals surface area contributed by atoms with Crippen LogP contribution in [0.4, 0.5) is 4.79 Å². The number of hydrogen-bond donors (Lipinski definition) is 1. The van der Waals surface area contributed by atoms with Gasteiger partial charge in [0.2, 0.25) is 5.91 Å². The maximum absolute atomic E-state index is 12.9. The van der Waals surface area contributed by atoms with Gasteiger partial charge in [0.25, 0.3) is 5.91 Å². The summed E-state index contributed by atoms with van der Waals surface area (Å²) >= 11 is 0. The Morgan fingerprint density at radius 1 is 0.933 bits per heavy atom. The van der Waals surface area contributed by atoms with Gasteiger partial charge >= 0.3 is 6.03 Å². The topological polar surface area (TPSA) is 73.0 Å². The molecule has 7 heteroatoms. The molecule has 0 atom stereocenters. The maximum Gasteiger partial charge on any atom is 0.324 e. The largest absolute Gasteiger partial charge is 0.336 e. The molecule has 2 aromatic rings.